The number of hydrogen-bond donors (Lipinski definition) is 1. The molecular formula is C13H16BrN3OS. The van der Waals surface area contributed by atoms with E-state index in [4.69, 9.17) is 0 Å². The van der Waals surface area contributed by atoms with Gasteiger partial charge in [0.05, 0.1) is 15.9 Å². The molecule has 19 heavy (non-hydrogen) atoms. The number of halogens is 1. The Morgan fingerprint density at radius 2 is 2.26 bits per heavy atom. The van der Waals surface area contributed by atoms with Crippen molar-refractivity contribution in [3.63, 3.8) is 0 Å². The molecule has 0 unspecified atom stereocenters. The molecule has 0 radical (unpaired) electrons. The second-order valence-electron chi connectivity index (χ2n) is 4.49. The van der Waals surface area contributed by atoms with Crippen LogP contribution in [0.15, 0.2) is 15.2 Å². The molecule has 2 aromatic heterocycles. The van der Waals surface area contributed by atoms with Crippen LogP contribution in [0, 0.1) is 13.8 Å². The van der Waals surface area contributed by atoms with Gasteiger partial charge in [0.25, 0.3) is 0 Å². The molecule has 0 spiro atoms. The van der Waals surface area contributed by atoms with E-state index >= 15 is 0 Å². The van der Waals surface area contributed by atoms with E-state index in [0.717, 1.165) is 26.3 Å². The summed E-state index contributed by atoms with van der Waals surface area (Å²) in [6.07, 6.45) is 0.386. The molecule has 2 aromatic rings. The predicted octanol–water partition coefficient (Wildman–Crippen LogP) is 2.72. The number of amides is 1. The Morgan fingerprint density at radius 1 is 1.53 bits per heavy atom. The molecule has 0 aliphatic carbocycles. The Kier molecular flexibility index (Phi) is 4.42. The number of nitrogens with one attached hydrogen (secondary N) is 1. The highest BCUT2D eigenvalue weighted by atomic mass is 79.9. The first-order valence-electron chi connectivity index (χ1n) is 5.96. The molecule has 0 fully saturated rings. The summed E-state index contributed by atoms with van der Waals surface area (Å²) < 4.78 is 2.89. The molecule has 2 rings (SSSR count). The van der Waals surface area contributed by atoms with Gasteiger partial charge in [0.1, 0.15) is 0 Å². The van der Waals surface area contributed by atoms with E-state index in [0.29, 0.717) is 13.0 Å². The largest absolute Gasteiger partial charge is 0.352 e. The highest BCUT2D eigenvalue weighted by Gasteiger charge is 2.13. The van der Waals surface area contributed by atoms with Crippen molar-refractivity contribution in [2.45, 2.75) is 26.8 Å². The van der Waals surface area contributed by atoms with Crippen LogP contribution in [0.1, 0.15) is 22.5 Å². The highest BCUT2D eigenvalue weighted by Crippen LogP contribution is 2.20. The van der Waals surface area contributed by atoms with E-state index in [1.807, 2.05) is 37.0 Å². The summed E-state index contributed by atoms with van der Waals surface area (Å²) in [5.41, 5.74) is 4.11. The summed E-state index contributed by atoms with van der Waals surface area (Å²) in [6, 6.07) is 2.02. The fourth-order valence-electron chi connectivity index (χ4n) is 1.94. The molecule has 0 bridgehead atoms. The number of carbonyl (C=O) groups is 1. The van der Waals surface area contributed by atoms with Crippen LogP contribution in [0.5, 0.6) is 0 Å². The molecule has 6 heteroatoms. The number of aromatic nitrogens is 2. The van der Waals surface area contributed by atoms with Crippen molar-refractivity contribution < 1.29 is 4.79 Å². The van der Waals surface area contributed by atoms with Crippen LogP contribution < -0.4 is 5.32 Å². The first kappa shape index (κ1) is 14.3. The third kappa shape index (κ3) is 3.45. The van der Waals surface area contributed by atoms with E-state index in [1.165, 1.54) is 0 Å². The number of thiophene rings is 1. The molecule has 0 aliphatic heterocycles. The van der Waals surface area contributed by atoms with Crippen molar-refractivity contribution in [3.05, 3.63) is 37.7 Å². The van der Waals surface area contributed by atoms with Crippen LogP contribution in [-0.2, 0) is 24.8 Å². The average Bonchev–Trinajstić information content (AvgIpc) is 2.86. The normalized spacial score (nSPS) is 10.7. The topological polar surface area (TPSA) is 46.9 Å². The van der Waals surface area contributed by atoms with Crippen LogP contribution in [0.2, 0.25) is 0 Å². The number of nitrogens with zero attached hydrogens (tertiary/aromatic N) is 2. The van der Waals surface area contributed by atoms with Gasteiger partial charge in [-0.15, -0.1) is 11.3 Å². The first-order valence-corrected chi connectivity index (χ1v) is 7.63. The van der Waals surface area contributed by atoms with E-state index in [9.17, 15) is 4.79 Å². The summed E-state index contributed by atoms with van der Waals surface area (Å²) in [5.74, 6) is 0.0292. The van der Waals surface area contributed by atoms with Gasteiger partial charge in [0, 0.05) is 24.8 Å². The third-order valence-corrected chi connectivity index (χ3v) is 4.66. The second-order valence-corrected chi connectivity index (χ2v) is 6.78. The fraction of sp³-hybridized carbons (Fsp3) is 0.385. The molecule has 4 nitrogen and oxygen atoms in total. The zero-order valence-electron chi connectivity index (χ0n) is 11.2. The Labute approximate surface area is 125 Å². The fourth-order valence-corrected chi connectivity index (χ4v) is 3.14. The molecule has 0 saturated heterocycles. The van der Waals surface area contributed by atoms with Gasteiger partial charge in [0.15, 0.2) is 0 Å². The number of carbonyl (C=O) groups excluding carboxylic acids is 1. The number of aryl methyl sites for hydroxylation is 2. The van der Waals surface area contributed by atoms with Crippen LogP contribution in [0.4, 0.5) is 0 Å². The van der Waals surface area contributed by atoms with Gasteiger partial charge in [-0.1, -0.05) is 0 Å². The second kappa shape index (κ2) is 5.88. The van der Waals surface area contributed by atoms with Crippen molar-refractivity contribution in [2.75, 3.05) is 0 Å². The van der Waals surface area contributed by atoms with Crippen LogP contribution >= 0.6 is 27.3 Å². The quantitative estimate of drug-likeness (QED) is 0.929. The molecule has 0 aromatic carbocycles. The number of hydrogen-bond acceptors (Lipinski definition) is 3. The maximum Gasteiger partial charge on any atom is 0.224 e. The van der Waals surface area contributed by atoms with E-state index in [-0.39, 0.29) is 5.91 Å². The third-order valence-electron chi connectivity index (χ3n) is 3.11. The van der Waals surface area contributed by atoms with Gasteiger partial charge in [-0.2, -0.15) is 5.10 Å². The molecule has 102 valence electrons. The molecule has 1 N–H and O–H groups in total. The monoisotopic (exact) mass is 341 g/mol. The van der Waals surface area contributed by atoms with Gasteiger partial charge in [-0.3, -0.25) is 9.48 Å². The van der Waals surface area contributed by atoms with Crippen molar-refractivity contribution in [1.29, 1.82) is 0 Å². The lowest BCUT2D eigenvalue weighted by molar-refractivity contribution is -0.120. The minimum Gasteiger partial charge on any atom is -0.352 e. The molecule has 2 heterocycles. The Morgan fingerprint density at radius 3 is 2.79 bits per heavy atom. The highest BCUT2D eigenvalue weighted by molar-refractivity contribution is 9.11. The minimum absolute atomic E-state index is 0.0292. The van der Waals surface area contributed by atoms with Crippen molar-refractivity contribution in [2.24, 2.45) is 7.05 Å². The van der Waals surface area contributed by atoms with Gasteiger partial charge in [0.2, 0.25) is 5.91 Å². The standard InChI is InChI=1S/C13H16BrN3OS/c1-8-11(9(2)17(3)16-8)5-13(18)15-6-10-4-12(14)19-7-10/h4,7H,5-6H2,1-3H3,(H,15,18). The van der Waals surface area contributed by atoms with Gasteiger partial charge in [-0.25, -0.2) is 0 Å². The molecule has 1 amide bonds. The zero-order valence-corrected chi connectivity index (χ0v) is 13.6. The van der Waals surface area contributed by atoms with Gasteiger partial charge >= 0.3 is 0 Å². The van der Waals surface area contributed by atoms with Crippen molar-refractivity contribution >= 4 is 33.2 Å². The lowest BCUT2D eigenvalue weighted by Gasteiger charge is -2.04. The molecular weight excluding hydrogens is 326 g/mol. The maximum absolute atomic E-state index is 11.9. The molecule has 0 aliphatic rings. The van der Waals surface area contributed by atoms with Crippen LogP contribution in [0.3, 0.4) is 0 Å². The summed E-state index contributed by atoms with van der Waals surface area (Å²) in [7, 11) is 1.90. The average molecular weight is 342 g/mol. The van der Waals surface area contributed by atoms with Crippen molar-refractivity contribution in [3.8, 4) is 0 Å². The Hall–Kier alpha value is -1.14. The number of rotatable bonds is 4. The summed E-state index contributed by atoms with van der Waals surface area (Å²) in [6.45, 7) is 4.49. The Bertz CT molecular complexity index is 603. The summed E-state index contributed by atoms with van der Waals surface area (Å²) in [5, 5.41) is 9.28. The van der Waals surface area contributed by atoms with Gasteiger partial charge < -0.3 is 5.32 Å². The lowest BCUT2D eigenvalue weighted by Crippen LogP contribution is -2.24. The minimum atomic E-state index is 0.0292. The maximum atomic E-state index is 11.9. The van der Waals surface area contributed by atoms with Crippen molar-refractivity contribution in [1.82, 2.24) is 15.1 Å². The van der Waals surface area contributed by atoms with Crippen LogP contribution in [0.25, 0.3) is 0 Å². The summed E-state index contributed by atoms with van der Waals surface area (Å²) >= 11 is 5.03. The molecule has 0 atom stereocenters. The van der Waals surface area contributed by atoms with Gasteiger partial charge in [-0.05, 0) is 46.8 Å². The predicted molar refractivity (Wildman–Crippen MR) is 80.3 cm³/mol. The van der Waals surface area contributed by atoms with E-state index in [2.05, 4.69) is 26.3 Å². The SMILES string of the molecule is Cc1nn(C)c(C)c1CC(=O)NCc1csc(Br)c1. The smallest absolute Gasteiger partial charge is 0.224 e. The van der Waals surface area contributed by atoms with E-state index in [1.54, 1.807) is 11.3 Å². The summed E-state index contributed by atoms with van der Waals surface area (Å²) in [4.78, 5) is 11.9. The van der Waals surface area contributed by atoms with E-state index < -0.39 is 0 Å². The van der Waals surface area contributed by atoms with Crippen LogP contribution in [-0.4, -0.2) is 15.7 Å². The molecule has 0 saturated carbocycles. The first-order chi connectivity index (χ1) is 8.97. The zero-order chi connectivity index (χ0) is 14.0. The lowest BCUT2D eigenvalue weighted by atomic mass is 10.1. The Balaban J connectivity index is 1.94.